The molecule has 0 radical (unpaired) electrons. The molecular weight excluding hydrogens is 308 g/mol. The van der Waals surface area contributed by atoms with Gasteiger partial charge in [-0.2, -0.15) is 5.10 Å². The van der Waals surface area contributed by atoms with Gasteiger partial charge in [-0.25, -0.2) is 9.48 Å². The van der Waals surface area contributed by atoms with Crippen molar-refractivity contribution in [3.8, 4) is 16.3 Å². The van der Waals surface area contributed by atoms with E-state index in [1.807, 2.05) is 36.6 Å². The highest BCUT2D eigenvalue weighted by Gasteiger charge is 2.16. The molecule has 3 aromatic rings. The molecule has 0 saturated heterocycles. The summed E-state index contributed by atoms with van der Waals surface area (Å²) in [5.41, 5.74) is 2.45. The first-order valence-electron chi connectivity index (χ1n) is 6.20. The monoisotopic (exact) mass is 318 g/mol. The average molecular weight is 319 g/mol. The number of nitrogens with zero attached hydrogens (tertiary/aromatic N) is 2. The second-order valence-electron chi connectivity index (χ2n) is 4.54. The molecule has 0 spiro atoms. The number of hydrogen-bond donors (Lipinski definition) is 1. The Balaban J connectivity index is 2.20. The molecule has 0 fully saturated rings. The van der Waals surface area contributed by atoms with Crippen LogP contribution in [0.3, 0.4) is 0 Å². The largest absolute Gasteiger partial charge is 0.476 e. The molecule has 2 aromatic heterocycles. The first kappa shape index (κ1) is 13.9. The van der Waals surface area contributed by atoms with Gasteiger partial charge in [-0.05, 0) is 36.1 Å². The number of carboxylic acids is 1. The predicted octanol–water partition coefficient (Wildman–Crippen LogP) is 4.26. The summed E-state index contributed by atoms with van der Waals surface area (Å²) in [5, 5.41) is 15.9. The quantitative estimate of drug-likeness (QED) is 0.785. The third kappa shape index (κ3) is 2.57. The molecule has 0 aliphatic rings. The maximum atomic E-state index is 11.2. The summed E-state index contributed by atoms with van der Waals surface area (Å²) >= 11 is 7.69. The number of rotatable bonds is 3. The van der Waals surface area contributed by atoms with E-state index in [2.05, 4.69) is 5.10 Å². The van der Waals surface area contributed by atoms with Crippen molar-refractivity contribution in [1.29, 1.82) is 0 Å². The molecule has 21 heavy (non-hydrogen) atoms. The highest BCUT2D eigenvalue weighted by atomic mass is 35.5. The number of halogens is 1. The topological polar surface area (TPSA) is 55.1 Å². The van der Waals surface area contributed by atoms with Gasteiger partial charge >= 0.3 is 5.97 Å². The summed E-state index contributed by atoms with van der Waals surface area (Å²) in [4.78, 5) is 12.1. The molecule has 0 atom stereocenters. The minimum atomic E-state index is -1.05. The maximum Gasteiger partial charge on any atom is 0.356 e. The standard InChI is InChI=1S/C15H11ClN2O2S/c1-9-4-5-10(7-11(9)16)18-13(14-3-2-6-21-14)8-12(17-18)15(19)20/h2-8H,1H3,(H,19,20). The van der Waals surface area contributed by atoms with E-state index in [0.717, 1.165) is 21.8 Å². The second kappa shape index (κ2) is 5.35. The van der Waals surface area contributed by atoms with E-state index in [9.17, 15) is 4.79 Å². The molecule has 6 heteroatoms. The SMILES string of the molecule is Cc1ccc(-n2nc(C(=O)O)cc2-c2cccs2)cc1Cl. The number of aromatic nitrogens is 2. The van der Waals surface area contributed by atoms with Crippen LogP contribution in [0.1, 0.15) is 16.1 Å². The molecule has 106 valence electrons. The Morgan fingerprint density at radius 3 is 2.76 bits per heavy atom. The lowest BCUT2D eigenvalue weighted by Crippen LogP contribution is -2.02. The molecule has 0 aliphatic carbocycles. The van der Waals surface area contributed by atoms with Crippen molar-refractivity contribution in [3.05, 3.63) is 58.1 Å². The van der Waals surface area contributed by atoms with Crippen LogP contribution in [0.4, 0.5) is 0 Å². The zero-order valence-corrected chi connectivity index (χ0v) is 12.6. The van der Waals surface area contributed by atoms with E-state index >= 15 is 0 Å². The van der Waals surface area contributed by atoms with Crippen LogP contribution in [0, 0.1) is 6.92 Å². The van der Waals surface area contributed by atoms with E-state index in [0.29, 0.717) is 5.02 Å². The predicted molar refractivity (Wildman–Crippen MR) is 83.6 cm³/mol. The van der Waals surface area contributed by atoms with Gasteiger partial charge in [0, 0.05) is 11.1 Å². The summed E-state index contributed by atoms with van der Waals surface area (Å²) in [6.07, 6.45) is 0. The van der Waals surface area contributed by atoms with E-state index in [-0.39, 0.29) is 5.69 Å². The van der Waals surface area contributed by atoms with Crippen LogP contribution < -0.4 is 0 Å². The van der Waals surface area contributed by atoms with Gasteiger partial charge < -0.3 is 5.11 Å². The highest BCUT2D eigenvalue weighted by Crippen LogP contribution is 2.29. The lowest BCUT2D eigenvalue weighted by atomic mass is 10.2. The second-order valence-corrected chi connectivity index (χ2v) is 5.90. The zero-order valence-electron chi connectivity index (χ0n) is 11.1. The van der Waals surface area contributed by atoms with Gasteiger partial charge in [-0.3, -0.25) is 0 Å². The van der Waals surface area contributed by atoms with E-state index in [1.54, 1.807) is 16.8 Å². The number of aryl methyl sites for hydroxylation is 1. The molecule has 3 rings (SSSR count). The van der Waals surface area contributed by atoms with E-state index in [4.69, 9.17) is 16.7 Å². The van der Waals surface area contributed by atoms with E-state index in [1.165, 1.54) is 11.3 Å². The number of carboxylic acid groups (broad SMARTS) is 1. The fraction of sp³-hybridized carbons (Fsp3) is 0.0667. The number of hydrogen-bond acceptors (Lipinski definition) is 3. The average Bonchev–Trinajstić information content (AvgIpc) is 3.09. The first-order valence-corrected chi connectivity index (χ1v) is 7.46. The summed E-state index contributed by atoms with van der Waals surface area (Å²) in [7, 11) is 0. The molecule has 0 saturated carbocycles. The van der Waals surface area contributed by atoms with Crippen molar-refractivity contribution in [2.24, 2.45) is 0 Å². The summed E-state index contributed by atoms with van der Waals surface area (Å²) in [5.74, 6) is -1.05. The van der Waals surface area contributed by atoms with Gasteiger partial charge in [0.1, 0.15) is 0 Å². The molecule has 0 unspecified atom stereocenters. The van der Waals surface area contributed by atoms with Gasteiger partial charge in [-0.15, -0.1) is 11.3 Å². The van der Waals surface area contributed by atoms with Crippen LogP contribution in [0.5, 0.6) is 0 Å². The Labute approximate surface area is 130 Å². The van der Waals surface area contributed by atoms with Crippen molar-refractivity contribution in [1.82, 2.24) is 9.78 Å². The number of thiophene rings is 1. The highest BCUT2D eigenvalue weighted by molar-refractivity contribution is 7.13. The van der Waals surface area contributed by atoms with Gasteiger partial charge in [0.25, 0.3) is 0 Å². The minimum Gasteiger partial charge on any atom is -0.476 e. The van der Waals surface area contributed by atoms with Crippen molar-refractivity contribution in [2.75, 3.05) is 0 Å². The van der Waals surface area contributed by atoms with Crippen molar-refractivity contribution in [3.63, 3.8) is 0 Å². The fourth-order valence-electron chi connectivity index (χ4n) is 2.00. The summed E-state index contributed by atoms with van der Waals surface area (Å²) in [6, 6.07) is 11.0. The smallest absolute Gasteiger partial charge is 0.356 e. The van der Waals surface area contributed by atoms with Crippen LogP contribution in [0.2, 0.25) is 5.02 Å². The molecule has 1 aromatic carbocycles. The van der Waals surface area contributed by atoms with E-state index < -0.39 is 5.97 Å². The van der Waals surface area contributed by atoms with Gasteiger partial charge in [0.05, 0.1) is 16.3 Å². The Bertz CT molecular complexity index is 809. The Hall–Kier alpha value is -2.11. The molecular formula is C15H11ClN2O2S. The number of aromatic carboxylic acids is 1. The van der Waals surface area contributed by atoms with Crippen molar-refractivity contribution in [2.45, 2.75) is 6.92 Å². The fourth-order valence-corrected chi connectivity index (χ4v) is 2.90. The van der Waals surface area contributed by atoms with Crippen LogP contribution in [0.25, 0.3) is 16.3 Å². The van der Waals surface area contributed by atoms with Crippen molar-refractivity contribution >= 4 is 28.9 Å². The molecule has 2 heterocycles. The number of benzene rings is 1. The minimum absolute atomic E-state index is 0.00935. The Morgan fingerprint density at radius 2 is 2.14 bits per heavy atom. The maximum absolute atomic E-state index is 11.2. The number of carbonyl (C=O) groups is 1. The first-order chi connectivity index (χ1) is 10.1. The Morgan fingerprint density at radius 1 is 1.33 bits per heavy atom. The van der Waals surface area contributed by atoms with Crippen LogP contribution in [-0.2, 0) is 0 Å². The van der Waals surface area contributed by atoms with Gasteiger partial charge in [0.2, 0.25) is 0 Å². The van der Waals surface area contributed by atoms with Crippen LogP contribution in [-0.4, -0.2) is 20.9 Å². The summed E-state index contributed by atoms with van der Waals surface area (Å²) in [6.45, 7) is 1.91. The third-order valence-electron chi connectivity index (χ3n) is 3.10. The molecule has 0 amide bonds. The molecule has 0 bridgehead atoms. The Kier molecular flexibility index (Phi) is 3.53. The third-order valence-corrected chi connectivity index (χ3v) is 4.40. The summed E-state index contributed by atoms with van der Waals surface area (Å²) < 4.78 is 1.61. The zero-order chi connectivity index (χ0) is 15.0. The van der Waals surface area contributed by atoms with Crippen LogP contribution >= 0.6 is 22.9 Å². The van der Waals surface area contributed by atoms with Gasteiger partial charge in [0.15, 0.2) is 5.69 Å². The normalized spacial score (nSPS) is 10.8. The molecule has 0 aliphatic heterocycles. The van der Waals surface area contributed by atoms with Gasteiger partial charge in [-0.1, -0.05) is 23.7 Å². The van der Waals surface area contributed by atoms with Crippen molar-refractivity contribution < 1.29 is 9.90 Å². The molecule has 1 N–H and O–H groups in total. The lowest BCUT2D eigenvalue weighted by molar-refractivity contribution is 0.0690. The lowest BCUT2D eigenvalue weighted by Gasteiger charge is -2.07. The molecule has 4 nitrogen and oxygen atoms in total. The van der Waals surface area contributed by atoms with Crippen LogP contribution in [0.15, 0.2) is 41.8 Å².